The highest BCUT2D eigenvalue weighted by atomic mass is 16.6. The summed E-state index contributed by atoms with van der Waals surface area (Å²) in [6.07, 6.45) is 1.45. The van der Waals surface area contributed by atoms with E-state index >= 15 is 0 Å². The fourth-order valence-electron chi connectivity index (χ4n) is 1.75. The number of aliphatic carboxylic acids is 1. The van der Waals surface area contributed by atoms with Gasteiger partial charge >= 0.3 is 5.97 Å². The molecule has 1 atom stereocenters. The zero-order valence-corrected chi connectivity index (χ0v) is 11.2. The molecule has 0 aromatic heterocycles. The molecule has 0 saturated heterocycles. The molecule has 0 spiro atoms. The monoisotopic (exact) mass is 285 g/mol. The van der Waals surface area contributed by atoms with Gasteiger partial charge in [-0.3, -0.25) is 0 Å². The van der Waals surface area contributed by atoms with Crippen molar-refractivity contribution in [3.8, 4) is 0 Å². The van der Waals surface area contributed by atoms with Crippen molar-refractivity contribution in [1.29, 1.82) is 0 Å². The first-order valence-electron chi connectivity index (χ1n) is 6.34. The molecule has 5 heteroatoms. The second kappa shape index (κ2) is 6.67. The minimum Gasteiger partial charge on any atom is -0.479 e. The van der Waals surface area contributed by atoms with Crippen molar-refractivity contribution in [2.45, 2.75) is 5.60 Å². The van der Waals surface area contributed by atoms with Crippen LogP contribution >= 0.6 is 0 Å². The second-order valence-electron chi connectivity index (χ2n) is 4.45. The number of hydrogen-bond acceptors (Lipinski definition) is 4. The van der Waals surface area contributed by atoms with Crippen LogP contribution in [-0.4, -0.2) is 29.0 Å². The number of carboxylic acids is 1. The first-order chi connectivity index (χ1) is 10.1. The lowest BCUT2D eigenvalue weighted by molar-refractivity contribution is -0.167. The van der Waals surface area contributed by atoms with Crippen LogP contribution in [0, 0.1) is 0 Å². The predicted octanol–water partition coefficient (Wildman–Crippen LogP) is 2.01. The molecule has 0 aliphatic heterocycles. The Kier molecular flexibility index (Phi) is 4.68. The van der Waals surface area contributed by atoms with Gasteiger partial charge in [-0.2, -0.15) is 0 Å². The SMILES string of the molecule is O=C(O)C(O)(CON=Cc1ccccc1)c1ccccc1. The van der Waals surface area contributed by atoms with Crippen molar-refractivity contribution in [2.24, 2.45) is 5.16 Å². The summed E-state index contributed by atoms with van der Waals surface area (Å²) in [6, 6.07) is 17.3. The highest BCUT2D eigenvalue weighted by molar-refractivity contribution is 5.80. The molecule has 2 rings (SSSR count). The van der Waals surface area contributed by atoms with E-state index in [1.54, 1.807) is 18.2 Å². The Morgan fingerprint density at radius 2 is 1.67 bits per heavy atom. The van der Waals surface area contributed by atoms with E-state index < -0.39 is 18.2 Å². The van der Waals surface area contributed by atoms with Gasteiger partial charge in [-0.25, -0.2) is 4.79 Å². The summed E-state index contributed by atoms with van der Waals surface area (Å²) < 4.78 is 0. The average molecular weight is 285 g/mol. The van der Waals surface area contributed by atoms with Gasteiger partial charge in [0.1, 0.15) is 0 Å². The van der Waals surface area contributed by atoms with E-state index in [1.807, 2.05) is 30.3 Å². The lowest BCUT2D eigenvalue weighted by Gasteiger charge is -2.22. The van der Waals surface area contributed by atoms with Crippen LogP contribution in [0.3, 0.4) is 0 Å². The Hall–Kier alpha value is -2.66. The molecule has 0 heterocycles. The minimum absolute atomic E-state index is 0.243. The number of oxime groups is 1. The molecule has 1 unspecified atom stereocenters. The van der Waals surface area contributed by atoms with Crippen LogP contribution in [0.2, 0.25) is 0 Å². The Bertz CT molecular complexity index is 613. The third kappa shape index (κ3) is 3.67. The van der Waals surface area contributed by atoms with Gasteiger partial charge in [0.25, 0.3) is 0 Å². The number of rotatable bonds is 6. The van der Waals surface area contributed by atoms with Crippen molar-refractivity contribution in [2.75, 3.05) is 6.61 Å². The summed E-state index contributed by atoms with van der Waals surface area (Å²) in [5.74, 6) is -1.39. The topological polar surface area (TPSA) is 79.1 Å². The van der Waals surface area contributed by atoms with Crippen LogP contribution in [0.15, 0.2) is 65.8 Å². The molecule has 0 bridgehead atoms. The molecule has 108 valence electrons. The number of aliphatic hydroxyl groups is 1. The fourth-order valence-corrected chi connectivity index (χ4v) is 1.75. The number of nitrogens with zero attached hydrogens (tertiary/aromatic N) is 1. The van der Waals surface area contributed by atoms with Crippen LogP contribution in [0.1, 0.15) is 11.1 Å². The highest BCUT2D eigenvalue weighted by Gasteiger charge is 2.39. The van der Waals surface area contributed by atoms with E-state index in [9.17, 15) is 15.0 Å². The van der Waals surface area contributed by atoms with E-state index in [4.69, 9.17) is 4.84 Å². The zero-order valence-electron chi connectivity index (χ0n) is 11.2. The molecule has 5 nitrogen and oxygen atoms in total. The molecule has 0 aliphatic rings. The van der Waals surface area contributed by atoms with Gasteiger partial charge in [-0.15, -0.1) is 0 Å². The number of hydrogen-bond donors (Lipinski definition) is 2. The van der Waals surface area contributed by atoms with Crippen molar-refractivity contribution in [1.82, 2.24) is 0 Å². The van der Waals surface area contributed by atoms with Crippen LogP contribution in [0.4, 0.5) is 0 Å². The Morgan fingerprint density at radius 1 is 1.10 bits per heavy atom. The summed E-state index contributed by atoms with van der Waals surface area (Å²) in [7, 11) is 0. The summed E-state index contributed by atoms with van der Waals surface area (Å²) in [4.78, 5) is 16.3. The molecule has 0 aliphatic carbocycles. The van der Waals surface area contributed by atoms with E-state index in [2.05, 4.69) is 5.16 Å². The van der Waals surface area contributed by atoms with Gasteiger partial charge < -0.3 is 15.1 Å². The Balaban J connectivity index is 2.05. The fraction of sp³-hybridized carbons (Fsp3) is 0.125. The van der Waals surface area contributed by atoms with Crippen LogP contribution in [0.5, 0.6) is 0 Å². The molecular weight excluding hydrogens is 270 g/mol. The van der Waals surface area contributed by atoms with E-state index in [0.29, 0.717) is 0 Å². The lowest BCUT2D eigenvalue weighted by atomic mass is 9.95. The summed E-state index contributed by atoms with van der Waals surface area (Å²) in [5, 5.41) is 23.2. The number of carbonyl (C=O) groups is 1. The van der Waals surface area contributed by atoms with E-state index in [1.165, 1.54) is 18.3 Å². The van der Waals surface area contributed by atoms with Crippen molar-refractivity contribution in [3.63, 3.8) is 0 Å². The zero-order chi connectivity index (χ0) is 15.1. The predicted molar refractivity (Wildman–Crippen MR) is 78.0 cm³/mol. The van der Waals surface area contributed by atoms with Gasteiger partial charge in [0.05, 0.1) is 6.21 Å². The quantitative estimate of drug-likeness (QED) is 0.628. The van der Waals surface area contributed by atoms with Crippen LogP contribution < -0.4 is 0 Å². The maximum Gasteiger partial charge on any atom is 0.344 e. The minimum atomic E-state index is -2.13. The Labute approximate surface area is 122 Å². The summed E-state index contributed by atoms with van der Waals surface area (Å²) >= 11 is 0. The van der Waals surface area contributed by atoms with Crippen LogP contribution in [-0.2, 0) is 15.2 Å². The van der Waals surface area contributed by atoms with Gasteiger partial charge in [0, 0.05) is 0 Å². The van der Waals surface area contributed by atoms with Crippen LogP contribution in [0.25, 0.3) is 0 Å². The van der Waals surface area contributed by atoms with Crippen molar-refractivity contribution < 1.29 is 19.8 Å². The molecule has 2 aromatic rings. The third-order valence-electron chi connectivity index (χ3n) is 2.95. The molecule has 0 amide bonds. The number of carboxylic acid groups (broad SMARTS) is 1. The molecule has 0 fully saturated rings. The molecule has 0 saturated carbocycles. The molecule has 2 N–H and O–H groups in total. The van der Waals surface area contributed by atoms with Crippen molar-refractivity contribution in [3.05, 3.63) is 71.8 Å². The van der Waals surface area contributed by atoms with E-state index in [0.717, 1.165) is 5.56 Å². The van der Waals surface area contributed by atoms with Gasteiger partial charge in [-0.1, -0.05) is 65.8 Å². The maximum atomic E-state index is 11.3. The number of benzene rings is 2. The summed E-state index contributed by atoms with van der Waals surface area (Å²) in [5.41, 5.74) is -1.07. The van der Waals surface area contributed by atoms with Gasteiger partial charge in [0.15, 0.2) is 6.61 Å². The lowest BCUT2D eigenvalue weighted by Crippen LogP contribution is -2.39. The molecule has 21 heavy (non-hydrogen) atoms. The summed E-state index contributed by atoms with van der Waals surface area (Å²) in [6.45, 7) is -0.477. The Morgan fingerprint density at radius 3 is 2.24 bits per heavy atom. The smallest absolute Gasteiger partial charge is 0.344 e. The largest absolute Gasteiger partial charge is 0.479 e. The first kappa shape index (κ1) is 14.7. The average Bonchev–Trinajstić information content (AvgIpc) is 2.53. The molecular formula is C16H15NO4. The van der Waals surface area contributed by atoms with Crippen molar-refractivity contribution >= 4 is 12.2 Å². The normalized spacial score (nSPS) is 13.8. The molecule has 0 radical (unpaired) electrons. The first-order valence-corrected chi connectivity index (χ1v) is 6.34. The maximum absolute atomic E-state index is 11.3. The molecule has 2 aromatic carbocycles. The van der Waals surface area contributed by atoms with Gasteiger partial charge in [0.2, 0.25) is 5.60 Å². The highest BCUT2D eigenvalue weighted by Crippen LogP contribution is 2.21. The standard InChI is InChI=1S/C16H15NO4/c18-15(19)16(20,14-9-5-2-6-10-14)12-21-17-11-13-7-3-1-4-8-13/h1-11,20H,12H2,(H,18,19). The third-order valence-corrected chi connectivity index (χ3v) is 2.95. The second-order valence-corrected chi connectivity index (χ2v) is 4.45. The van der Waals surface area contributed by atoms with E-state index in [-0.39, 0.29) is 5.56 Å². The van der Waals surface area contributed by atoms with Gasteiger partial charge in [-0.05, 0) is 11.1 Å².